The first-order valence-electron chi connectivity index (χ1n) is 6.66. The molecule has 0 saturated carbocycles. The van der Waals surface area contributed by atoms with Crippen molar-refractivity contribution in [3.8, 4) is 0 Å². The second-order valence-corrected chi connectivity index (χ2v) is 4.53. The molecule has 0 aliphatic carbocycles. The molecule has 0 rings (SSSR count). The monoisotopic (exact) mass is 276 g/mol. The summed E-state index contributed by atoms with van der Waals surface area (Å²) >= 11 is 0. The van der Waals surface area contributed by atoms with Gasteiger partial charge in [-0.15, -0.1) is 0 Å². The Hall–Kier alpha value is -1.90. The van der Waals surface area contributed by atoms with Crippen LogP contribution in [-0.4, -0.2) is 11.9 Å². The highest BCUT2D eigenvalue weighted by atomic mass is 19.1. The number of hydrogen-bond donors (Lipinski definition) is 1. The first-order chi connectivity index (χ1) is 9.46. The van der Waals surface area contributed by atoms with E-state index in [4.69, 9.17) is 0 Å². The Morgan fingerprint density at radius 1 is 1.30 bits per heavy atom. The predicted molar refractivity (Wildman–Crippen MR) is 87.4 cm³/mol. The normalized spacial score (nSPS) is 16.3. The van der Waals surface area contributed by atoms with Crippen molar-refractivity contribution in [1.29, 1.82) is 0 Å². The maximum Gasteiger partial charge on any atom is 0.118 e. The summed E-state index contributed by atoms with van der Waals surface area (Å²) in [4.78, 5) is 4.28. The van der Waals surface area contributed by atoms with Crippen LogP contribution >= 0.6 is 0 Å². The van der Waals surface area contributed by atoms with Crippen LogP contribution in [0.4, 0.5) is 4.39 Å². The van der Waals surface area contributed by atoms with E-state index in [-0.39, 0.29) is 5.92 Å². The predicted octanol–water partition coefficient (Wildman–Crippen LogP) is 4.70. The summed E-state index contributed by atoms with van der Waals surface area (Å²) < 4.78 is 13.2. The molecule has 2 unspecified atom stereocenters. The molecule has 0 fully saturated rings. The molecule has 110 valence electrons. The largest absolute Gasteiger partial charge is 0.363 e. The highest BCUT2D eigenvalue weighted by Crippen LogP contribution is 2.14. The van der Waals surface area contributed by atoms with E-state index in [1.165, 1.54) is 13.1 Å². The van der Waals surface area contributed by atoms with Crippen LogP contribution in [0.15, 0.2) is 66.6 Å². The molecule has 2 atom stereocenters. The number of nitrogens with one attached hydrogen (secondary N) is 1. The first kappa shape index (κ1) is 18.1. The molecule has 0 heterocycles. The van der Waals surface area contributed by atoms with E-state index in [1.807, 2.05) is 19.1 Å². The maximum absolute atomic E-state index is 13.2. The SMILES string of the molecule is C=CN=C(CC=C(C=C)NC=C)C(C)C=C(C)C(C)F. The van der Waals surface area contributed by atoms with Gasteiger partial charge >= 0.3 is 0 Å². The van der Waals surface area contributed by atoms with Gasteiger partial charge in [0.05, 0.1) is 0 Å². The number of aliphatic imine (C=N–C) groups is 1. The van der Waals surface area contributed by atoms with Gasteiger partial charge in [0.2, 0.25) is 0 Å². The third-order valence-corrected chi connectivity index (χ3v) is 2.94. The lowest BCUT2D eigenvalue weighted by Crippen LogP contribution is -2.11. The number of alkyl halides is 1. The molecule has 0 aromatic rings. The quantitative estimate of drug-likeness (QED) is 0.368. The zero-order valence-electron chi connectivity index (χ0n) is 12.7. The molecule has 2 nitrogen and oxygen atoms in total. The molecule has 0 bridgehead atoms. The van der Waals surface area contributed by atoms with Crippen LogP contribution in [0.5, 0.6) is 0 Å². The number of rotatable bonds is 9. The van der Waals surface area contributed by atoms with Crippen molar-refractivity contribution in [2.75, 3.05) is 0 Å². The number of allylic oxidation sites excluding steroid dienone is 4. The minimum Gasteiger partial charge on any atom is -0.363 e. The Bertz CT molecular complexity index is 428. The highest BCUT2D eigenvalue weighted by Gasteiger charge is 2.09. The van der Waals surface area contributed by atoms with E-state index in [2.05, 4.69) is 30.0 Å². The molecular formula is C17H25FN2. The lowest BCUT2D eigenvalue weighted by Gasteiger charge is -2.12. The Labute approximate surface area is 122 Å². The Balaban J connectivity index is 5.04. The van der Waals surface area contributed by atoms with Crippen molar-refractivity contribution in [1.82, 2.24) is 5.32 Å². The van der Waals surface area contributed by atoms with E-state index < -0.39 is 6.17 Å². The standard InChI is InChI=1S/C17H25FN2/c1-7-16(19-8-2)10-11-17(20-9-3)14(5)12-13(4)15(6)18/h7-10,12,14-15,19H,1-3,11H2,4-6H3. The molecule has 1 N–H and O–H groups in total. The van der Waals surface area contributed by atoms with E-state index in [0.717, 1.165) is 11.4 Å². The lowest BCUT2D eigenvalue weighted by molar-refractivity contribution is 0.409. The summed E-state index contributed by atoms with van der Waals surface area (Å²) in [5, 5.41) is 2.98. The Morgan fingerprint density at radius 2 is 1.95 bits per heavy atom. The molecule has 0 spiro atoms. The van der Waals surface area contributed by atoms with E-state index >= 15 is 0 Å². The number of hydrogen-bond acceptors (Lipinski definition) is 2. The molecule has 0 radical (unpaired) electrons. The summed E-state index contributed by atoms with van der Waals surface area (Å²) in [5.41, 5.74) is 2.50. The second-order valence-electron chi connectivity index (χ2n) is 4.53. The topological polar surface area (TPSA) is 24.4 Å². The van der Waals surface area contributed by atoms with E-state index in [0.29, 0.717) is 12.0 Å². The van der Waals surface area contributed by atoms with Gasteiger partial charge in [0.25, 0.3) is 0 Å². The van der Waals surface area contributed by atoms with Gasteiger partial charge in [-0.05, 0) is 31.7 Å². The van der Waals surface area contributed by atoms with Gasteiger partial charge in [-0.2, -0.15) is 0 Å². The summed E-state index contributed by atoms with van der Waals surface area (Å²) in [6, 6.07) is 0. The van der Waals surface area contributed by atoms with Crippen LogP contribution in [0.3, 0.4) is 0 Å². The molecule has 0 aromatic heterocycles. The van der Waals surface area contributed by atoms with Crippen LogP contribution in [0.1, 0.15) is 27.2 Å². The Morgan fingerprint density at radius 3 is 2.40 bits per heavy atom. The summed E-state index contributed by atoms with van der Waals surface area (Å²) in [5.74, 6) is 0.0530. The molecule has 0 saturated heterocycles. The molecule has 0 amide bonds. The summed E-state index contributed by atoms with van der Waals surface area (Å²) in [7, 11) is 0. The van der Waals surface area contributed by atoms with Gasteiger partial charge < -0.3 is 5.32 Å². The van der Waals surface area contributed by atoms with Crippen molar-refractivity contribution >= 4 is 5.71 Å². The van der Waals surface area contributed by atoms with Crippen molar-refractivity contribution in [2.24, 2.45) is 10.9 Å². The minimum atomic E-state index is -0.941. The van der Waals surface area contributed by atoms with Crippen molar-refractivity contribution in [3.63, 3.8) is 0 Å². The summed E-state index contributed by atoms with van der Waals surface area (Å²) in [6.45, 7) is 16.3. The van der Waals surface area contributed by atoms with Crippen molar-refractivity contribution in [3.05, 3.63) is 61.6 Å². The average Bonchev–Trinajstić information content (AvgIpc) is 2.41. The fourth-order valence-electron chi connectivity index (χ4n) is 1.63. The van der Waals surface area contributed by atoms with Crippen LogP contribution in [0, 0.1) is 5.92 Å². The Kier molecular flexibility index (Phi) is 9.01. The van der Waals surface area contributed by atoms with Crippen LogP contribution < -0.4 is 5.32 Å². The van der Waals surface area contributed by atoms with Crippen molar-refractivity contribution in [2.45, 2.75) is 33.4 Å². The molecule has 0 aromatic carbocycles. The fourth-order valence-corrected chi connectivity index (χ4v) is 1.63. The molecule has 20 heavy (non-hydrogen) atoms. The maximum atomic E-state index is 13.2. The highest BCUT2D eigenvalue weighted by molar-refractivity contribution is 5.89. The number of halogens is 1. The smallest absolute Gasteiger partial charge is 0.118 e. The van der Waals surface area contributed by atoms with Gasteiger partial charge in [-0.25, -0.2) is 4.39 Å². The number of nitrogens with zero attached hydrogens (tertiary/aromatic N) is 1. The third-order valence-electron chi connectivity index (χ3n) is 2.94. The zero-order valence-corrected chi connectivity index (χ0v) is 12.7. The van der Waals surface area contributed by atoms with Gasteiger partial charge in [0.15, 0.2) is 0 Å². The minimum absolute atomic E-state index is 0.0530. The van der Waals surface area contributed by atoms with Gasteiger partial charge in [0, 0.05) is 29.9 Å². The van der Waals surface area contributed by atoms with Crippen molar-refractivity contribution < 1.29 is 4.39 Å². The van der Waals surface area contributed by atoms with E-state index in [1.54, 1.807) is 19.2 Å². The molecule has 0 aliphatic rings. The van der Waals surface area contributed by atoms with Gasteiger partial charge in [-0.1, -0.05) is 38.8 Å². The first-order valence-corrected chi connectivity index (χ1v) is 6.66. The summed E-state index contributed by atoms with van der Waals surface area (Å²) in [6.07, 6.45) is 8.38. The molecular weight excluding hydrogens is 251 g/mol. The van der Waals surface area contributed by atoms with Crippen LogP contribution in [0.25, 0.3) is 0 Å². The third kappa shape index (κ3) is 6.88. The van der Waals surface area contributed by atoms with Gasteiger partial charge in [0.1, 0.15) is 6.17 Å². The lowest BCUT2D eigenvalue weighted by atomic mass is 9.98. The van der Waals surface area contributed by atoms with Crippen LogP contribution in [0.2, 0.25) is 0 Å². The van der Waals surface area contributed by atoms with Crippen LogP contribution in [-0.2, 0) is 0 Å². The van der Waals surface area contributed by atoms with Gasteiger partial charge in [-0.3, -0.25) is 4.99 Å². The van der Waals surface area contributed by atoms with E-state index in [9.17, 15) is 4.39 Å². The molecule has 0 aliphatic heterocycles. The average molecular weight is 276 g/mol. The zero-order chi connectivity index (χ0) is 15.5. The second kappa shape index (κ2) is 9.96. The molecule has 3 heteroatoms. The fraction of sp³-hybridized carbons (Fsp3) is 0.353.